The fraction of sp³-hybridized carbons (Fsp3) is 0.333. The van der Waals surface area contributed by atoms with Gasteiger partial charge in [-0.15, -0.1) is 0 Å². The number of halogens is 1. The molecule has 1 fully saturated rings. The molecule has 2 unspecified atom stereocenters. The number of carboxylic acid groups (broad SMARTS) is 1. The van der Waals surface area contributed by atoms with Gasteiger partial charge in [0, 0.05) is 6.54 Å². The molecule has 1 N–H and O–H groups in total. The Bertz CT molecular complexity index is 666. The molecule has 1 aromatic carbocycles. The molecule has 0 amide bonds. The predicted molar refractivity (Wildman–Crippen MR) is 70.9 cm³/mol. The van der Waals surface area contributed by atoms with Crippen molar-refractivity contribution < 1.29 is 14.3 Å². The maximum Gasteiger partial charge on any atom is 0.307 e. The Morgan fingerprint density at radius 1 is 1.55 bits per heavy atom. The summed E-state index contributed by atoms with van der Waals surface area (Å²) in [5, 5.41) is 8.98. The number of aryl methyl sites for hydroxylation is 1. The lowest BCUT2D eigenvalue weighted by Gasteiger charge is -2.08. The molecule has 20 heavy (non-hydrogen) atoms. The van der Waals surface area contributed by atoms with Crippen LogP contribution in [0.1, 0.15) is 29.0 Å². The van der Waals surface area contributed by atoms with E-state index in [0.717, 1.165) is 23.1 Å². The van der Waals surface area contributed by atoms with Gasteiger partial charge >= 0.3 is 5.97 Å². The van der Waals surface area contributed by atoms with Crippen LogP contribution in [0.15, 0.2) is 30.7 Å². The largest absolute Gasteiger partial charge is 0.481 e. The van der Waals surface area contributed by atoms with Gasteiger partial charge in [-0.3, -0.25) is 4.79 Å². The third kappa shape index (κ3) is 2.43. The molecule has 4 nitrogen and oxygen atoms in total. The first kappa shape index (κ1) is 12.8. The van der Waals surface area contributed by atoms with Crippen LogP contribution in [-0.4, -0.2) is 20.6 Å². The van der Waals surface area contributed by atoms with Crippen LogP contribution in [-0.2, 0) is 11.3 Å². The molecule has 1 heterocycles. The Morgan fingerprint density at radius 3 is 2.90 bits per heavy atom. The molecule has 104 valence electrons. The SMILES string of the molecule is Cc1cc(Cn2cnc(F)c2)ccc1C1CC1C(=O)O. The normalized spacial score (nSPS) is 20.9. The molecule has 0 radical (unpaired) electrons. The summed E-state index contributed by atoms with van der Waals surface area (Å²) >= 11 is 0. The van der Waals surface area contributed by atoms with E-state index in [1.807, 2.05) is 25.1 Å². The number of imidazole rings is 1. The highest BCUT2D eigenvalue weighted by Gasteiger charge is 2.44. The highest BCUT2D eigenvalue weighted by Crippen LogP contribution is 2.48. The first-order valence-electron chi connectivity index (χ1n) is 6.54. The Labute approximate surface area is 115 Å². The lowest BCUT2D eigenvalue weighted by Crippen LogP contribution is -2.01. The van der Waals surface area contributed by atoms with E-state index in [-0.39, 0.29) is 11.8 Å². The van der Waals surface area contributed by atoms with Gasteiger partial charge in [-0.1, -0.05) is 18.2 Å². The second-order valence-electron chi connectivity index (χ2n) is 5.35. The third-order valence-electron chi connectivity index (χ3n) is 3.81. The second-order valence-corrected chi connectivity index (χ2v) is 5.35. The van der Waals surface area contributed by atoms with Gasteiger partial charge in [-0.25, -0.2) is 4.98 Å². The van der Waals surface area contributed by atoms with E-state index in [4.69, 9.17) is 5.11 Å². The van der Waals surface area contributed by atoms with E-state index in [2.05, 4.69) is 4.98 Å². The molecule has 1 aliphatic carbocycles. The maximum atomic E-state index is 12.8. The van der Waals surface area contributed by atoms with Crippen molar-refractivity contribution in [2.45, 2.75) is 25.8 Å². The van der Waals surface area contributed by atoms with Gasteiger partial charge in [0.15, 0.2) is 0 Å². The summed E-state index contributed by atoms with van der Waals surface area (Å²) in [5.41, 5.74) is 3.26. The van der Waals surface area contributed by atoms with Crippen molar-refractivity contribution >= 4 is 5.97 Å². The van der Waals surface area contributed by atoms with Gasteiger partial charge in [0.1, 0.15) is 0 Å². The van der Waals surface area contributed by atoms with Crippen LogP contribution < -0.4 is 0 Å². The first-order chi connectivity index (χ1) is 9.54. The summed E-state index contributed by atoms with van der Waals surface area (Å²) in [7, 11) is 0. The van der Waals surface area contributed by atoms with Crippen LogP contribution in [0.4, 0.5) is 4.39 Å². The lowest BCUT2D eigenvalue weighted by atomic mass is 10.0. The number of aliphatic carboxylic acids is 1. The van der Waals surface area contributed by atoms with Crippen molar-refractivity contribution in [1.82, 2.24) is 9.55 Å². The van der Waals surface area contributed by atoms with E-state index in [0.29, 0.717) is 6.54 Å². The number of nitrogens with zero attached hydrogens (tertiary/aromatic N) is 2. The third-order valence-corrected chi connectivity index (χ3v) is 3.81. The Balaban J connectivity index is 1.76. The molecule has 5 heteroatoms. The van der Waals surface area contributed by atoms with Crippen LogP contribution in [0.25, 0.3) is 0 Å². The predicted octanol–water partition coefficient (Wildman–Crippen LogP) is 2.57. The average Bonchev–Trinajstić information content (AvgIpc) is 3.07. The number of rotatable bonds is 4. The zero-order valence-electron chi connectivity index (χ0n) is 11.1. The number of aromatic nitrogens is 2. The highest BCUT2D eigenvalue weighted by atomic mass is 19.1. The molecule has 0 bridgehead atoms. The molecular weight excluding hydrogens is 259 g/mol. The second kappa shape index (κ2) is 4.74. The molecule has 1 saturated carbocycles. The Hall–Kier alpha value is -2.17. The molecule has 0 aliphatic heterocycles. The van der Waals surface area contributed by atoms with Gasteiger partial charge < -0.3 is 9.67 Å². The average molecular weight is 274 g/mol. The number of carbonyl (C=O) groups is 1. The molecule has 2 aromatic rings. The van der Waals surface area contributed by atoms with Crippen LogP contribution in [0.2, 0.25) is 0 Å². The Kier molecular flexibility index (Phi) is 3.04. The van der Waals surface area contributed by atoms with Crippen LogP contribution in [0.3, 0.4) is 0 Å². The van der Waals surface area contributed by atoms with Crippen LogP contribution in [0, 0.1) is 18.8 Å². The van der Waals surface area contributed by atoms with E-state index < -0.39 is 11.9 Å². The monoisotopic (exact) mass is 274 g/mol. The van der Waals surface area contributed by atoms with Crippen LogP contribution in [0.5, 0.6) is 0 Å². The van der Waals surface area contributed by atoms with E-state index in [9.17, 15) is 9.18 Å². The fourth-order valence-corrected chi connectivity index (χ4v) is 2.69. The van der Waals surface area contributed by atoms with Crippen LogP contribution >= 0.6 is 0 Å². The van der Waals surface area contributed by atoms with E-state index in [1.165, 1.54) is 12.5 Å². The van der Waals surface area contributed by atoms with Crippen molar-refractivity contribution in [2.24, 2.45) is 5.92 Å². The highest BCUT2D eigenvalue weighted by molar-refractivity contribution is 5.75. The van der Waals surface area contributed by atoms with Gasteiger partial charge in [-0.05, 0) is 36.0 Å². The van der Waals surface area contributed by atoms with Gasteiger partial charge in [0.25, 0.3) is 0 Å². The van der Waals surface area contributed by atoms with E-state index >= 15 is 0 Å². The molecule has 2 atom stereocenters. The van der Waals surface area contributed by atoms with Crippen molar-refractivity contribution in [1.29, 1.82) is 0 Å². The van der Waals surface area contributed by atoms with Crippen molar-refractivity contribution in [3.05, 3.63) is 53.4 Å². The summed E-state index contributed by atoms with van der Waals surface area (Å²) in [6.45, 7) is 2.55. The number of benzene rings is 1. The summed E-state index contributed by atoms with van der Waals surface area (Å²) in [4.78, 5) is 14.5. The maximum absolute atomic E-state index is 12.8. The molecule has 3 rings (SSSR count). The lowest BCUT2D eigenvalue weighted by molar-refractivity contribution is -0.138. The van der Waals surface area contributed by atoms with Gasteiger partial charge in [-0.2, -0.15) is 4.39 Å². The van der Waals surface area contributed by atoms with Crippen molar-refractivity contribution in [3.8, 4) is 0 Å². The number of hydrogen-bond acceptors (Lipinski definition) is 2. The summed E-state index contributed by atoms with van der Waals surface area (Å²) in [6.07, 6.45) is 3.53. The minimum absolute atomic E-state index is 0.146. The first-order valence-corrected chi connectivity index (χ1v) is 6.54. The molecular formula is C15H15FN2O2. The van der Waals surface area contributed by atoms with Crippen molar-refractivity contribution in [3.63, 3.8) is 0 Å². The van der Waals surface area contributed by atoms with Gasteiger partial charge in [0.05, 0.1) is 18.4 Å². The van der Waals surface area contributed by atoms with E-state index in [1.54, 1.807) is 4.57 Å². The zero-order valence-corrected chi connectivity index (χ0v) is 11.1. The quantitative estimate of drug-likeness (QED) is 0.932. The molecule has 1 aliphatic rings. The molecule has 0 saturated heterocycles. The summed E-state index contributed by atoms with van der Waals surface area (Å²) in [5.74, 6) is -1.29. The molecule has 0 spiro atoms. The minimum Gasteiger partial charge on any atom is -0.481 e. The van der Waals surface area contributed by atoms with Crippen molar-refractivity contribution in [2.75, 3.05) is 0 Å². The Morgan fingerprint density at radius 2 is 2.35 bits per heavy atom. The smallest absolute Gasteiger partial charge is 0.307 e. The molecule has 1 aromatic heterocycles. The number of hydrogen-bond donors (Lipinski definition) is 1. The van der Waals surface area contributed by atoms with Gasteiger partial charge in [0.2, 0.25) is 5.95 Å². The number of carboxylic acids is 1. The zero-order chi connectivity index (χ0) is 14.3. The fourth-order valence-electron chi connectivity index (χ4n) is 2.69. The standard InChI is InChI=1S/C15H15FN2O2/c1-9-4-10(6-18-7-14(16)17-8-18)2-3-11(9)12-5-13(12)15(19)20/h2-4,7-8,12-13H,5-6H2,1H3,(H,19,20). The topological polar surface area (TPSA) is 55.1 Å². The summed E-state index contributed by atoms with van der Waals surface area (Å²) in [6, 6.07) is 5.99. The minimum atomic E-state index is -0.715. The summed E-state index contributed by atoms with van der Waals surface area (Å²) < 4.78 is 14.5.